The van der Waals surface area contributed by atoms with Crippen LogP contribution in [0, 0.1) is 6.92 Å². The van der Waals surface area contributed by atoms with Crippen molar-refractivity contribution in [3.05, 3.63) is 29.3 Å². The summed E-state index contributed by atoms with van der Waals surface area (Å²) in [5.41, 5.74) is 2.31. The first-order valence-corrected chi connectivity index (χ1v) is 7.98. The molecule has 1 N–H and O–H groups in total. The molecular weight excluding hydrogens is 264 g/mol. The molecule has 0 amide bonds. The molecule has 1 aromatic carbocycles. The van der Waals surface area contributed by atoms with Gasteiger partial charge in [-0.15, -0.1) is 0 Å². The van der Waals surface area contributed by atoms with Crippen LogP contribution in [0.15, 0.2) is 18.2 Å². The molecule has 1 saturated heterocycles. The SMILES string of the molecule is Cc1ccc(N2CCN(C3CCCC3)CC2)c(C(=O)O)c1. The highest BCUT2D eigenvalue weighted by Gasteiger charge is 2.27. The van der Waals surface area contributed by atoms with Gasteiger partial charge in [-0.05, 0) is 31.9 Å². The fourth-order valence-corrected chi connectivity index (χ4v) is 3.69. The van der Waals surface area contributed by atoms with Crippen molar-refractivity contribution in [2.45, 2.75) is 38.6 Å². The van der Waals surface area contributed by atoms with E-state index in [9.17, 15) is 9.90 Å². The van der Waals surface area contributed by atoms with Crippen molar-refractivity contribution in [1.29, 1.82) is 0 Å². The summed E-state index contributed by atoms with van der Waals surface area (Å²) in [4.78, 5) is 16.3. The highest BCUT2D eigenvalue weighted by molar-refractivity contribution is 5.94. The maximum atomic E-state index is 11.5. The van der Waals surface area contributed by atoms with E-state index < -0.39 is 5.97 Å². The van der Waals surface area contributed by atoms with E-state index in [0.717, 1.165) is 43.5 Å². The van der Waals surface area contributed by atoms with E-state index in [1.165, 1.54) is 25.7 Å². The Bertz CT molecular complexity index is 516. The smallest absolute Gasteiger partial charge is 0.337 e. The number of anilines is 1. The predicted molar refractivity (Wildman–Crippen MR) is 84.2 cm³/mol. The van der Waals surface area contributed by atoms with Crippen LogP contribution in [0.2, 0.25) is 0 Å². The zero-order valence-electron chi connectivity index (χ0n) is 12.7. The van der Waals surface area contributed by atoms with E-state index in [4.69, 9.17) is 0 Å². The Morgan fingerprint density at radius 1 is 1.14 bits per heavy atom. The van der Waals surface area contributed by atoms with Gasteiger partial charge in [-0.2, -0.15) is 0 Å². The summed E-state index contributed by atoms with van der Waals surface area (Å²) in [5.74, 6) is -0.827. The third-order valence-corrected chi connectivity index (χ3v) is 4.88. The van der Waals surface area contributed by atoms with Gasteiger partial charge in [0.1, 0.15) is 0 Å². The highest BCUT2D eigenvalue weighted by Crippen LogP contribution is 2.27. The molecule has 2 aliphatic rings. The summed E-state index contributed by atoms with van der Waals surface area (Å²) < 4.78 is 0. The molecule has 0 bridgehead atoms. The molecule has 3 rings (SSSR count). The van der Waals surface area contributed by atoms with E-state index in [-0.39, 0.29) is 0 Å². The van der Waals surface area contributed by atoms with Crippen LogP contribution < -0.4 is 4.90 Å². The molecule has 1 heterocycles. The number of aryl methyl sites for hydroxylation is 1. The third-order valence-electron chi connectivity index (χ3n) is 4.88. The van der Waals surface area contributed by atoms with Gasteiger partial charge in [0, 0.05) is 32.2 Å². The Balaban J connectivity index is 1.70. The molecule has 1 aromatic rings. The molecule has 0 atom stereocenters. The summed E-state index contributed by atoms with van der Waals surface area (Å²) in [5, 5.41) is 9.41. The lowest BCUT2D eigenvalue weighted by atomic mass is 10.1. The summed E-state index contributed by atoms with van der Waals surface area (Å²) in [6.07, 6.45) is 5.41. The first-order valence-electron chi connectivity index (χ1n) is 7.98. The number of piperazine rings is 1. The second kappa shape index (κ2) is 6.06. The van der Waals surface area contributed by atoms with Crippen LogP contribution in [0.1, 0.15) is 41.6 Å². The molecule has 1 aliphatic heterocycles. The van der Waals surface area contributed by atoms with Gasteiger partial charge in [0.05, 0.1) is 11.3 Å². The maximum absolute atomic E-state index is 11.5. The van der Waals surface area contributed by atoms with Crippen molar-refractivity contribution in [2.75, 3.05) is 31.1 Å². The summed E-state index contributed by atoms with van der Waals surface area (Å²) in [6, 6.07) is 6.51. The van der Waals surface area contributed by atoms with Crippen LogP contribution in [0.3, 0.4) is 0 Å². The van der Waals surface area contributed by atoms with Crippen molar-refractivity contribution < 1.29 is 9.90 Å². The standard InChI is InChI=1S/C17H24N2O2/c1-13-6-7-16(15(12-13)17(20)21)19-10-8-18(9-11-19)14-4-2-3-5-14/h6-7,12,14H,2-5,8-11H2,1H3,(H,20,21). The lowest BCUT2D eigenvalue weighted by molar-refractivity contribution is 0.0697. The van der Waals surface area contributed by atoms with Crippen molar-refractivity contribution in [3.63, 3.8) is 0 Å². The van der Waals surface area contributed by atoms with Gasteiger partial charge >= 0.3 is 5.97 Å². The molecule has 4 heteroatoms. The van der Waals surface area contributed by atoms with Crippen molar-refractivity contribution >= 4 is 11.7 Å². The maximum Gasteiger partial charge on any atom is 0.337 e. The molecule has 4 nitrogen and oxygen atoms in total. The number of rotatable bonds is 3. The monoisotopic (exact) mass is 288 g/mol. The first-order chi connectivity index (χ1) is 10.1. The van der Waals surface area contributed by atoms with Crippen LogP contribution >= 0.6 is 0 Å². The van der Waals surface area contributed by atoms with Crippen LogP contribution in [-0.4, -0.2) is 48.2 Å². The Hall–Kier alpha value is -1.55. The number of carbonyl (C=O) groups is 1. The van der Waals surface area contributed by atoms with Crippen LogP contribution in [0.25, 0.3) is 0 Å². The lowest BCUT2D eigenvalue weighted by Crippen LogP contribution is -2.50. The Labute approximate surface area is 126 Å². The zero-order valence-corrected chi connectivity index (χ0v) is 12.7. The van der Waals surface area contributed by atoms with Crippen LogP contribution in [0.4, 0.5) is 5.69 Å². The van der Waals surface area contributed by atoms with Gasteiger partial charge in [-0.1, -0.05) is 24.5 Å². The molecule has 21 heavy (non-hydrogen) atoms. The van der Waals surface area contributed by atoms with Crippen LogP contribution in [-0.2, 0) is 0 Å². The van der Waals surface area contributed by atoms with E-state index in [1.807, 2.05) is 19.1 Å². The molecule has 0 spiro atoms. The zero-order chi connectivity index (χ0) is 14.8. The number of nitrogens with zero attached hydrogens (tertiary/aromatic N) is 2. The minimum Gasteiger partial charge on any atom is -0.478 e. The van der Waals surface area contributed by atoms with Crippen LogP contribution in [0.5, 0.6) is 0 Å². The number of carboxylic acids is 1. The summed E-state index contributed by atoms with van der Waals surface area (Å²) in [7, 11) is 0. The molecule has 0 radical (unpaired) electrons. The van der Waals surface area contributed by atoms with Gasteiger partial charge in [0.25, 0.3) is 0 Å². The highest BCUT2D eigenvalue weighted by atomic mass is 16.4. The fraction of sp³-hybridized carbons (Fsp3) is 0.588. The van der Waals surface area contributed by atoms with Gasteiger partial charge in [-0.25, -0.2) is 4.79 Å². The second-order valence-corrected chi connectivity index (χ2v) is 6.29. The van der Waals surface area contributed by atoms with Gasteiger partial charge in [-0.3, -0.25) is 4.90 Å². The predicted octanol–water partition coefficient (Wildman–Crippen LogP) is 2.76. The number of carboxylic acid groups (broad SMARTS) is 1. The van der Waals surface area contributed by atoms with Crippen molar-refractivity contribution in [2.24, 2.45) is 0 Å². The van der Waals surface area contributed by atoms with Gasteiger partial charge < -0.3 is 10.0 Å². The topological polar surface area (TPSA) is 43.8 Å². The molecule has 1 saturated carbocycles. The molecule has 114 valence electrons. The molecule has 0 aromatic heterocycles. The normalized spacial score (nSPS) is 20.9. The minimum absolute atomic E-state index is 0.435. The van der Waals surface area contributed by atoms with E-state index in [1.54, 1.807) is 6.07 Å². The van der Waals surface area contributed by atoms with Gasteiger partial charge in [0.2, 0.25) is 0 Å². The Morgan fingerprint density at radius 3 is 2.43 bits per heavy atom. The molecular formula is C17H24N2O2. The number of hydrogen-bond acceptors (Lipinski definition) is 3. The van der Waals surface area contributed by atoms with E-state index in [2.05, 4.69) is 9.80 Å². The molecule has 2 fully saturated rings. The first kappa shape index (κ1) is 14.4. The van der Waals surface area contributed by atoms with E-state index >= 15 is 0 Å². The van der Waals surface area contributed by atoms with Crippen molar-refractivity contribution in [3.8, 4) is 0 Å². The number of aromatic carboxylic acids is 1. The quantitative estimate of drug-likeness (QED) is 0.929. The largest absolute Gasteiger partial charge is 0.478 e. The average molecular weight is 288 g/mol. The number of hydrogen-bond donors (Lipinski definition) is 1. The third kappa shape index (κ3) is 3.05. The summed E-state index contributed by atoms with van der Waals surface area (Å²) in [6.45, 7) is 5.91. The summed E-state index contributed by atoms with van der Waals surface area (Å²) >= 11 is 0. The average Bonchev–Trinajstić information content (AvgIpc) is 3.01. The molecule has 0 unspecified atom stereocenters. The number of benzene rings is 1. The lowest BCUT2D eigenvalue weighted by Gasteiger charge is -2.39. The fourth-order valence-electron chi connectivity index (χ4n) is 3.69. The van der Waals surface area contributed by atoms with Gasteiger partial charge in [0.15, 0.2) is 0 Å². The Morgan fingerprint density at radius 2 is 1.81 bits per heavy atom. The molecule has 1 aliphatic carbocycles. The Kier molecular flexibility index (Phi) is 4.15. The van der Waals surface area contributed by atoms with E-state index in [0.29, 0.717) is 5.56 Å². The minimum atomic E-state index is -0.827. The second-order valence-electron chi connectivity index (χ2n) is 6.29. The van der Waals surface area contributed by atoms with Crippen molar-refractivity contribution in [1.82, 2.24) is 4.90 Å².